The number of aliphatic hydroxyl groups excluding tert-OH is 1. The molecule has 0 aromatic heterocycles. The third-order valence-corrected chi connectivity index (χ3v) is 3.44. The zero-order chi connectivity index (χ0) is 9.03. The van der Waals surface area contributed by atoms with Crippen LogP contribution in [0.15, 0.2) is 0 Å². The van der Waals surface area contributed by atoms with Gasteiger partial charge in [0, 0.05) is 6.61 Å². The Kier molecular flexibility index (Phi) is 3.57. The second-order valence-corrected chi connectivity index (χ2v) is 4.80. The van der Waals surface area contributed by atoms with Crippen molar-refractivity contribution in [1.82, 2.24) is 0 Å². The largest absolute Gasteiger partial charge is 0.396 e. The molecule has 0 aromatic carbocycles. The first-order valence-corrected chi connectivity index (χ1v) is 5.27. The Bertz CT molecular complexity index is 129. The van der Waals surface area contributed by atoms with E-state index in [0.717, 1.165) is 12.3 Å². The quantitative estimate of drug-likeness (QED) is 0.643. The number of rotatable bonds is 4. The molecular formula is C11H22O. The number of hydrogen-bond donors (Lipinski definition) is 1. The van der Waals surface area contributed by atoms with Crippen molar-refractivity contribution in [2.75, 3.05) is 6.61 Å². The van der Waals surface area contributed by atoms with Gasteiger partial charge in [-0.1, -0.05) is 26.7 Å². The molecule has 0 saturated heterocycles. The highest BCUT2D eigenvalue weighted by molar-refractivity contribution is 4.84. The minimum atomic E-state index is 0.368. The van der Waals surface area contributed by atoms with Gasteiger partial charge >= 0.3 is 0 Å². The molecule has 1 saturated carbocycles. The van der Waals surface area contributed by atoms with E-state index >= 15 is 0 Å². The van der Waals surface area contributed by atoms with Crippen molar-refractivity contribution in [2.45, 2.75) is 52.4 Å². The molecule has 0 heterocycles. The SMILES string of the molecule is CC1(C)CCCC1CCCCO. The van der Waals surface area contributed by atoms with Crippen LogP contribution in [0.3, 0.4) is 0 Å². The van der Waals surface area contributed by atoms with Gasteiger partial charge in [0.15, 0.2) is 0 Å². The average Bonchev–Trinajstić information content (AvgIpc) is 2.32. The topological polar surface area (TPSA) is 20.2 Å². The molecule has 12 heavy (non-hydrogen) atoms. The molecule has 1 rings (SSSR count). The van der Waals surface area contributed by atoms with Crippen LogP contribution in [0.5, 0.6) is 0 Å². The van der Waals surface area contributed by atoms with Gasteiger partial charge in [0.25, 0.3) is 0 Å². The molecule has 1 N–H and O–H groups in total. The molecule has 0 spiro atoms. The van der Waals surface area contributed by atoms with Crippen molar-refractivity contribution in [1.29, 1.82) is 0 Å². The Hall–Kier alpha value is -0.0400. The second kappa shape index (κ2) is 4.27. The predicted molar refractivity (Wildman–Crippen MR) is 52.1 cm³/mol. The molecule has 0 aromatic rings. The van der Waals surface area contributed by atoms with E-state index in [4.69, 9.17) is 5.11 Å². The standard InChI is InChI=1S/C11H22O/c1-11(2)8-5-7-10(11)6-3-4-9-12/h10,12H,3-9H2,1-2H3. The van der Waals surface area contributed by atoms with Gasteiger partial charge in [0.05, 0.1) is 0 Å². The van der Waals surface area contributed by atoms with Crippen LogP contribution in [-0.2, 0) is 0 Å². The van der Waals surface area contributed by atoms with E-state index in [9.17, 15) is 0 Å². The van der Waals surface area contributed by atoms with Crippen LogP contribution >= 0.6 is 0 Å². The highest BCUT2D eigenvalue weighted by atomic mass is 16.2. The molecule has 0 amide bonds. The summed E-state index contributed by atoms with van der Waals surface area (Å²) in [6, 6.07) is 0. The molecule has 1 aliphatic carbocycles. The highest BCUT2D eigenvalue weighted by Crippen LogP contribution is 2.44. The Morgan fingerprint density at radius 3 is 2.58 bits per heavy atom. The normalized spacial score (nSPS) is 27.8. The summed E-state index contributed by atoms with van der Waals surface area (Å²) >= 11 is 0. The maximum absolute atomic E-state index is 8.67. The van der Waals surface area contributed by atoms with Crippen LogP contribution in [0.2, 0.25) is 0 Å². The van der Waals surface area contributed by atoms with Crippen LogP contribution in [0.4, 0.5) is 0 Å². The second-order valence-electron chi connectivity index (χ2n) is 4.80. The number of unbranched alkanes of at least 4 members (excludes halogenated alkanes) is 1. The first-order chi connectivity index (χ1) is 5.67. The lowest BCUT2D eigenvalue weighted by atomic mass is 9.79. The van der Waals surface area contributed by atoms with Crippen molar-refractivity contribution < 1.29 is 5.11 Å². The van der Waals surface area contributed by atoms with Crippen LogP contribution in [0, 0.1) is 11.3 Å². The Morgan fingerprint density at radius 2 is 2.08 bits per heavy atom. The van der Waals surface area contributed by atoms with Crippen LogP contribution in [0.1, 0.15) is 52.4 Å². The summed E-state index contributed by atoms with van der Waals surface area (Å²) in [6.45, 7) is 5.15. The summed E-state index contributed by atoms with van der Waals surface area (Å²) in [5.41, 5.74) is 0.579. The first kappa shape index (κ1) is 10.0. The van der Waals surface area contributed by atoms with Crippen LogP contribution in [0.25, 0.3) is 0 Å². The van der Waals surface area contributed by atoms with Crippen molar-refractivity contribution in [3.8, 4) is 0 Å². The van der Waals surface area contributed by atoms with E-state index in [0.29, 0.717) is 12.0 Å². The van der Waals surface area contributed by atoms with Crippen molar-refractivity contribution >= 4 is 0 Å². The summed E-state index contributed by atoms with van der Waals surface area (Å²) in [5, 5.41) is 8.67. The van der Waals surface area contributed by atoms with Gasteiger partial charge in [-0.15, -0.1) is 0 Å². The lowest BCUT2D eigenvalue weighted by Gasteiger charge is -2.26. The first-order valence-electron chi connectivity index (χ1n) is 5.27. The Balaban J connectivity index is 2.22. The summed E-state index contributed by atoms with van der Waals surface area (Å²) in [7, 11) is 0. The van der Waals surface area contributed by atoms with Gasteiger partial charge in [-0.2, -0.15) is 0 Å². The fourth-order valence-electron chi connectivity index (χ4n) is 2.44. The molecule has 1 aliphatic rings. The lowest BCUT2D eigenvalue weighted by molar-refractivity contribution is 0.226. The van der Waals surface area contributed by atoms with E-state index in [1.54, 1.807) is 0 Å². The molecule has 1 atom stereocenters. The molecule has 72 valence electrons. The molecule has 1 nitrogen and oxygen atoms in total. The maximum Gasteiger partial charge on any atom is 0.0431 e. The van der Waals surface area contributed by atoms with Gasteiger partial charge in [-0.25, -0.2) is 0 Å². The van der Waals surface area contributed by atoms with E-state index in [2.05, 4.69) is 13.8 Å². The van der Waals surface area contributed by atoms with Gasteiger partial charge in [0.1, 0.15) is 0 Å². The Labute approximate surface area is 76.2 Å². The smallest absolute Gasteiger partial charge is 0.0431 e. The minimum Gasteiger partial charge on any atom is -0.396 e. The van der Waals surface area contributed by atoms with E-state index in [1.165, 1.54) is 32.1 Å². The van der Waals surface area contributed by atoms with Crippen molar-refractivity contribution in [3.63, 3.8) is 0 Å². The molecular weight excluding hydrogens is 148 g/mol. The molecule has 1 fully saturated rings. The van der Waals surface area contributed by atoms with Gasteiger partial charge in [-0.3, -0.25) is 0 Å². The van der Waals surface area contributed by atoms with Crippen LogP contribution in [-0.4, -0.2) is 11.7 Å². The molecule has 0 bridgehead atoms. The molecule has 0 aliphatic heterocycles. The molecule has 1 heteroatoms. The zero-order valence-corrected chi connectivity index (χ0v) is 8.47. The number of hydrogen-bond acceptors (Lipinski definition) is 1. The minimum absolute atomic E-state index is 0.368. The lowest BCUT2D eigenvalue weighted by Crippen LogP contribution is -2.17. The van der Waals surface area contributed by atoms with Crippen molar-refractivity contribution in [3.05, 3.63) is 0 Å². The molecule has 0 radical (unpaired) electrons. The van der Waals surface area contributed by atoms with Crippen molar-refractivity contribution in [2.24, 2.45) is 11.3 Å². The highest BCUT2D eigenvalue weighted by Gasteiger charge is 2.33. The van der Waals surface area contributed by atoms with Crippen LogP contribution < -0.4 is 0 Å². The van der Waals surface area contributed by atoms with Gasteiger partial charge in [-0.05, 0) is 37.0 Å². The molecule has 1 unspecified atom stereocenters. The third-order valence-electron chi connectivity index (χ3n) is 3.44. The summed E-state index contributed by atoms with van der Waals surface area (Å²) < 4.78 is 0. The van der Waals surface area contributed by atoms with Gasteiger partial charge < -0.3 is 5.11 Å². The maximum atomic E-state index is 8.67. The van der Waals surface area contributed by atoms with E-state index in [1.807, 2.05) is 0 Å². The Morgan fingerprint density at radius 1 is 1.33 bits per heavy atom. The fraction of sp³-hybridized carbons (Fsp3) is 1.00. The predicted octanol–water partition coefficient (Wildman–Crippen LogP) is 2.98. The average molecular weight is 170 g/mol. The van der Waals surface area contributed by atoms with E-state index in [-0.39, 0.29) is 0 Å². The number of aliphatic hydroxyl groups is 1. The summed E-state index contributed by atoms with van der Waals surface area (Å²) in [6.07, 6.45) is 7.76. The van der Waals surface area contributed by atoms with E-state index < -0.39 is 0 Å². The summed E-state index contributed by atoms with van der Waals surface area (Å²) in [5.74, 6) is 0.920. The third kappa shape index (κ3) is 2.48. The zero-order valence-electron chi connectivity index (χ0n) is 8.47. The summed E-state index contributed by atoms with van der Waals surface area (Å²) in [4.78, 5) is 0. The monoisotopic (exact) mass is 170 g/mol. The van der Waals surface area contributed by atoms with Gasteiger partial charge in [0.2, 0.25) is 0 Å². The fourth-order valence-corrected chi connectivity index (χ4v) is 2.44.